The second-order valence-corrected chi connectivity index (χ2v) is 4.40. The zero-order valence-corrected chi connectivity index (χ0v) is 8.88. The molecule has 0 bridgehead atoms. The van der Waals surface area contributed by atoms with Crippen molar-refractivity contribution >= 4 is 11.0 Å². The van der Waals surface area contributed by atoms with Gasteiger partial charge in [-0.05, 0) is 50.0 Å². The molecule has 1 saturated heterocycles. The largest absolute Gasteiger partial charge is 0.342 e. The maximum atomic E-state index is 4.40. The Bertz CT molecular complexity index is 483. The van der Waals surface area contributed by atoms with Crippen molar-refractivity contribution in [2.24, 2.45) is 5.92 Å². The molecular weight excluding hydrogens is 186 g/mol. The first-order valence-corrected chi connectivity index (χ1v) is 5.47. The molecule has 0 unspecified atom stereocenters. The van der Waals surface area contributed by atoms with Crippen molar-refractivity contribution in [3.63, 3.8) is 0 Å². The summed E-state index contributed by atoms with van der Waals surface area (Å²) in [5, 5.41) is 3.30. The molecule has 15 heavy (non-hydrogen) atoms. The lowest BCUT2D eigenvalue weighted by Crippen LogP contribution is -2.43. The predicted molar refractivity (Wildman–Crippen MR) is 60.9 cm³/mol. The van der Waals surface area contributed by atoms with Crippen LogP contribution in [0.2, 0.25) is 0 Å². The summed E-state index contributed by atoms with van der Waals surface area (Å²) in [6, 6.07) is 6.54. The number of H-pyrrole nitrogens is 1. The molecule has 3 nitrogen and oxygen atoms in total. The maximum Gasteiger partial charge on any atom is 0.104 e. The molecule has 3 rings (SSSR count). The minimum Gasteiger partial charge on any atom is -0.342 e. The number of fused-ring (bicyclic) bond motifs is 1. The van der Waals surface area contributed by atoms with Crippen LogP contribution in [-0.4, -0.2) is 23.1 Å². The summed E-state index contributed by atoms with van der Waals surface area (Å²) in [5.41, 5.74) is 3.65. The van der Waals surface area contributed by atoms with Gasteiger partial charge in [-0.15, -0.1) is 0 Å². The van der Waals surface area contributed by atoms with Gasteiger partial charge in [0.25, 0.3) is 0 Å². The number of nitrogens with zero attached hydrogens (tertiary/aromatic N) is 1. The second-order valence-electron chi connectivity index (χ2n) is 4.40. The van der Waals surface area contributed by atoms with Crippen LogP contribution in [0.4, 0.5) is 0 Å². The first-order valence-electron chi connectivity index (χ1n) is 5.47. The van der Waals surface area contributed by atoms with Gasteiger partial charge >= 0.3 is 0 Å². The first-order chi connectivity index (χ1) is 7.31. The van der Waals surface area contributed by atoms with E-state index in [9.17, 15) is 0 Å². The summed E-state index contributed by atoms with van der Waals surface area (Å²) in [4.78, 5) is 7.68. The van der Waals surface area contributed by atoms with Crippen LogP contribution in [-0.2, 0) is 6.42 Å². The Hall–Kier alpha value is -1.35. The van der Waals surface area contributed by atoms with E-state index in [1.165, 1.54) is 25.1 Å². The van der Waals surface area contributed by atoms with Crippen molar-refractivity contribution in [1.82, 2.24) is 15.3 Å². The van der Waals surface area contributed by atoms with E-state index >= 15 is 0 Å². The lowest BCUT2D eigenvalue weighted by Gasteiger charge is -2.26. The highest BCUT2D eigenvalue weighted by molar-refractivity contribution is 5.75. The molecule has 0 saturated carbocycles. The number of nitrogens with one attached hydrogen (secondary N) is 2. The number of hydrogen-bond donors (Lipinski definition) is 2. The van der Waals surface area contributed by atoms with Crippen molar-refractivity contribution in [3.8, 4) is 0 Å². The summed E-state index contributed by atoms with van der Waals surface area (Å²) >= 11 is 0. The summed E-state index contributed by atoms with van der Waals surface area (Å²) in [5.74, 6) is 1.82. The highest BCUT2D eigenvalue weighted by Crippen LogP contribution is 2.17. The van der Waals surface area contributed by atoms with Gasteiger partial charge < -0.3 is 10.3 Å². The molecule has 0 aliphatic carbocycles. The highest BCUT2D eigenvalue weighted by atomic mass is 14.9. The molecule has 2 heterocycles. The van der Waals surface area contributed by atoms with Crippen LogP contribution >= 0.6 is 0 Å². The number of aryl methyl sites for hydroxylation is 1. The molecule has 0 amide bonds. The van der Waals surface area contributed by atoms with Gasteiger partial charge in [0.1, 0.15) is 5.82 Å². The first kappa shape index (κ1) is 8.92. The topological polar surface area (TPSA) is 40.7 Å². The van der Waals surface area contributed by atoms with Crippen molar-refractivity contribution in [2.45, 2.75) is 13.3 Å². The molecule has 0 radical (unpaired) electrons. The third-order valence-electron chi connectivity index (χ3n) is 3.06. The van der Waals surface area contributed by atoms with E-state index in [0.29, 0.717) is 0 Å². The van der Waals surface area contributed by atoms with Gasteiger partial charge in [-0.1, -0.05) is 6.07 Å². The van der Waals surface area contributed by atoms with Crippen LogP contribution in [0, 0.1) is 12.8 Å². The van der Waals surface area contributed by atoms with Crippen LogP contribution in [0.5, 0.6) is 0 Å². The van der Waals surface area contributed by atoms with Gasteiger partial charge in [-0.3, -0.25) is 0 Å². The van der Waals surface area contributed by atoms with Crippen molar-refractivity contribution in [2.75, 3.05) is 13.1 Å². The monoisotopic (exact) mass is 201 g/mol. The van der Waals surface area contributed by atoms with E-state index in [1.807, 2.05) is 6.92 Å². The van der Waals surface area contributed by atoms with Crippen molar-refractivity contribution in [1.29, 1.82) is 0 Å². The Morgan fingerprint density at radius 1 is 1.40 bits per heavy atom. The van der Waals surface area contributed by atoms with E-state index in [1.54, 1.807) is 0 Å². The van der Waals surface area contributed by atoms with Crippen molar-refractivity contribution in [3.05, 3.63) is 29.6 Å². The number of hydrogen-bond acceptors (Lipinski definition) is 2. The Labute approximate surface area is 88.9 Å². The van der Waals surface area contributed by atoms with Gasteiger partial charge in [-0.25, -0.2) is 4.98 Å². The standard InChI is InChI=1S/C12H15N3/c1-8-14-11-3-2-9(5-12(11)15-8)4-10-6-13-7-10/h2-3,5,10,13H,4,6-7H2,1H3,(H,14,15). The Morgan fingerprint density at radius 3 is 3.00 bits per heavy atom. The fraction of sp³-hybridized carbons (Fsp3) is 0.417. The third kappa shape index (κ3) is 1.63. The van der Waals surface area contributed by atoms with E-state index in [-0.39, 0.29) is 0 Å². The average Bonchev–Trinajstić information content (AvgIpc) is 2.50. The summed E-state index contributed by atoms with van der Waals surface area (Å²) < 4.78 is 0. The zero-order valence-electron chi connectivity index (χ0n) is 8.88. The molecule has 1 fully saturated rings. The molecule has 1 aliphatic rings. The smallest absolute Gasteiger partial charge is 0.104 e. The molecule has 1 aromatic heterocycles. The van der Waals surface area contributed by atoms with Gasteiger partial charge in [0.15, 0.2) is 0 Å². The summed E-state index contributed by atoms with van der Waals surface area (Å²) in [7, 11) is 0. The van der Waals surface area contributed by atoms with Crippen LogP contribution in [0.25, 0.3) is 11.0 Å². The van der Waals surface area contributed by atoms with E-state index < -0.39 is 0 Å². The van der Waals surface area contributed by atoms with Gasteiger partial charge in [0, 0.05) is 0 Å². The molecule has 1 aliphatic heterocycles. The van der Waals surface area contributed by atoms with E-state index in [2.05, 4.69) is 33.5 Å². The molecule has 0 atom stereocenters. The molecule has 3 heteroatoms. The number of benzene rings is 1. The molecule has 2 N–H and O–H groups in total. The van der Waals surface area contributed by atoms with Gasteiger partial charge in [-0.2, -0.15) is 0 Å². The summed E-state index contributed by atoms with van der Waals surface area (Å²) in [6.07, 6.45) is 1.18. The van der Waals surface area contributed by atoms with Crippen LogP contribution in [0.3, 0.4) is 0 Å². The second kappa shape index (κ2) is 3.35. The number of rotatable bonds is 2. The Balaban J connectivity index is 1.90. The average molecular weight is 201 g/mol. The normalized spacial score (nSPS) is 16.9. The quantitative estimate of drug-likeness (QED) is 0.775. The van der Waals surface area contributed by atoms with E-state index in [4.69, 9.17) is 0 Å². The number of aromatic amines is 1. The fourth-order valence-corrected chi connectivity index (χ4v) is 2.14. The third-order valence-corrected chi connectivity index (χ3v) is 3.06. The zero-order chi connectivity index (χ0) is 10.3. The Kier molecular flexibility index (Phi) is 1.99. The van der Waals surface area contributed by atoms with Gasteiger partial charge in [0.2, 0.25) is 0 Å². The fourth-order valence-electron chi connectivity index (χ4n) is 2.14. The SMILES string of the molecule is Cc1nc2ccc(CC3CNC3)cc2[nH]1. The maximum absolute atomic E-state index is 4.40. The number of aromatic nitrogens is 2. The molecule has 2 aromatic rings. The predicted octanol–water partition coefficient (Wildman–Crippen LogP) is 1.63. The van der Waals surface area contributed by atoms with Crippen LogP contribution < -0.4 is 5.32 Å². The highest BCUT2D eigenvalue weighted by Gasteiger charge is 2.16. The lowest BCUT2D eigenvalue weighted by atomic mass is 9.94. The lowest BCUT2D eigenvalue weighted by molar-refractivity contribution is 0.346. The number of imidazole rings is 1. The molecular formula is C12H15N3. The van der Waals surface area contributed by atoms with E-state index in [0.717, 1.165) is 22.8 Å². The molecule has 78 valence electrons. The molecule has 1 aromatic carbocycles. The van der Waals surface area contributed by atoms with Crippen LogP contribution in [0.1, 0.15) is 11.4 Å². The summed E-state index contributed by atoms with van der Waals surface area (Å²) in [6.45, 7) is 4.33. The molecule has 0 spiro atoms. The minimum atomic E-state index is 0.825. The Morgan fingerprint density at radius 2 is 2.27 bits per heavy atom. The van der Waals surface area contributed by atoms with Crippen LogP contribution in [0.15, 0.2) is 18.2 Å². The minimum absolute atomic E-state index is 0.825. The van der Waals surface area contributed by atoms with Gasteiger partial charge in [0.05, 0.1) is 11.0 Å². The van der Waals surface area contributed by atoms with Crippen molar-refractivity contribution < 1.29 is 0 Å².